The molecule has 1 fully saturated rings. The van der Waals surface area contributed by atoms with Crippen LogP contribution >= 0.6 is 11.8 Å². The quantitative estimate of drug-likeness (QED) is 0.657. The first-order valence-corrected chi connectivity index (χ1v) is 9.53. The predicted molar refractivity (Wildman–Crippen MR) is 96.3 cm³/mol. The average molecular weight is 390 g/mol. The minimum Gasteiger partial charge on any atom is -0.461 e. The van der Waals surface area contributed by atoms with Crippen molar-refractivity contribution in [3.8, 4) is 11.5 Å². The fraction of sp³-hybridized carbons (Fsp3) is 0.263. The summed E-state index contributed by atoms with van der Waals surface area (Å²) in [6.45, 7) is 0.926. The molecule has 0 spiro atoms. The molecule has 5 nitrogen and oxygen atoms in total. The molecule has 4 rings (SSSR count). The van der Waals surface area contributed by atoms with Gasteiger partial charge in [-0.25, -0.2) is 8.78 Å². The number of hydrogen-bond donors (Lipinski definition) is 0. The van der Waals surface area contributed by atoms with Crippen molar-refractivity contribution in [2.45, 2.75) is 11.7 Å². The van der Waals surface area contributed by atoms with Crippen molar-refractivity contribution >= 4 is 17.7 Å². The molecule has 0 N–H and O–H groups in total. The van der Waals surface area contributed by atoms with E-state index >= 15 is 0 Å². The van der Waals surface area contributed by atoms with Crippen LogP contribution in [0.3, 0.4) is 0 Å². The van der Waals surface area contributed by atoms with Crippen LogP contribution in [-0.4, -0.2) is 34.8 Å². The van der Waals surface area contributed by atoms with E-state index in [9.17, 15) is 13.6 Å². The zero-order valence-corrected chi connectivity index (χ0v) is 15.0. The summed E-state index contributed by atoms with van der Waals surface area (Å²) in [5.74, 6) is 0.361. The van der Waals surface area contributed by atoms with E-state index in [4.69, 9.17) is 8.94 Å². The second-order valence-electron chi connectivity index (χ2n) is 6.16. The van der Waals surface area contributed by atoms with E-state index in [0.29, 0.717) is 42.3 Å². The highest BCUT2D eigenvalue weighted by atomic mass is 32.2. The van der Waals surface area contributed by atoms with Crippen molar-refractivity contribution in [1.82, 2.24) is 10.1 Å². The first-order chi connectivity index (χ1) is 13.1. The van der Waals surface area contributed by atoms with Crippen LogP contribution in [0.15, 0.2) is 51.6 Å². The molecule has 0 saturated carbocycles. The molecule has 3 aromatic rings. The topological polar surface area (TPSA) is 59.5 Å². The molecule has 8 heteroatoms. The lowest BCUT2D eigenvalue weighted by Gasteiger charge is -2.19. The Balaban J connectivity index is 1.46. The van der Waals surface area contributed by atoms with E-state index in [2.05, 4.69) is 5.16 Å². The monoisotopic (exact) mass is 390 g/mol. The summed E-state index contributed by atoms with van der Waals surface area (Å²) in [6, 6.07) is 8.47. The highest BCUT2D eigenvalue weighted by Crippen LogP contribution is 2.36. The first kappa shape index (κ1) is 17.8. The van der Waals surface area contributed by atoms with Crippen molar-refractivity contribution < 1.29 is 22.5 Å². The lowest BCUT2D eigenvalue weighted by Crippen LogP contribution is -2.33. The number of aromatic nitrogens is 1. The van der Waals surface area contributed by atoms with E-state index < -0.39 is 11.6 Å². The summed E-state index contributed by atoms with van der Waals surface area (Å²) in [7, 11) is 0. The largest absolute Gasteiger partial charge is 0.461 e. The van der Waals surface area contributed by atoms with Crippen molar-refractivity contribution in [2.75, 3.05) is 18.8 Å². The number of carbonyl (C=O) groups excluding carboxylic acids is 1. The number of carbonyl (C=O) groups is 1. The van der Waals surface area contributed by atoms with E-state index in [1.165, 1.54) is 24.1 Å². The lowest BCUT2D eigenvalue weighted by molar-refractivity contribution is 0.0756. The third-order valence-corrected chi connectivity index (χ3v) is 5.74. The van der Waals surface area contributed by atoms with Gasteiger partial charge in [-0.2, -0.15) is 11.8 Å². The number of furan rings is 1. The maximum absolute atomic E-state index is 14.1. The van der Waals surface area contributed by atoms with Crippen LogP contribution in [0.5, 0.6) is 0 Å². The van der Waals surface area contributed by atoms with Gasteiger partial charge in [-0.3, -0.25) is 4.79 Å². The number of hydrogen-bond acceptors (Lipinski definition) is 5. The van der Waals surface area contributed by atoms with Gasteiger partial charge in [0.05, 0.1) is 6.26 Å². The van der Waals surface area contributed by atoms with Crippen LogP contribution in [0.2, 0.25) is 0 Å². The number of benzene rings is 1. The summed E-state index contributed by atoms with van der Waals surface area (Å²) in [4.78, 5) is 14.4. The van der Waals surface area contributed by atoms with Crippen molar-refractivity contribution in [1.29, 1.82) is 0 Å². The highest BCUT2D eigenvalue weighted by Gasteiger charge is 2.26. The van der Waals surface area contributed by atoms with E-state index in [1.807, 2.05) is 0 Å². The van der Waals surface area contributed by atoms with Crippen molar-refractivity contribution in [2.24, 2.45) is 0 Å². The summed E-state index contributed by atoms with van der Waals surface area (Å²) >= 11 is 1.52. The van der Waals surface area contributed by atoms with Gasteiger partial charge in [0.2, 0.25) is 5.76 Å². The molecule has 0 radical (unpaired) electrons. The van der Waals surface area contributed by atoms with Gasteiger partial charge in [0.15, 0.2) is 11.5 Å². The molecule has 27 heavy (non-hydrogen) atoms. The van der Waals surface area contributed by atoms with Crippen LogP contribution in [-0.2, 0) is 0 Å². The molecule has 0 bridgehead atoms. The molecule has 3 heterocycles. The SMILES string of the molecule is O=C(c1cc(-c2ccco2)on1)N1CCSC(c2cc(F)ccc2F)CC1. The molecular formula is C19H16F2N2O3S. The summed E-state index contributed by atoms with van der Waals surface area (Å²) in [5, 5.41) is 3.64. The zero-order valence-electron chi connectivity index (χ0n) is 14.2. The third-order valence-electron chi connectivity index (χ3n) is 4.43. The Morgan fingerprint density at radius 2 is 2.07 bits per heavy atom. The molecule has 1 aliphatic heterocycles. The van der Waals surface area contributed by atoms with Gasteiger partial charge in [0, 0.05) is 35.7 Å². The van der Waals surface area contributed by atoms with Crippen molar-refractivity contribution in [3.63, 3.8) is 0 Å². The van der Waals surface area contributed by atoms with Gasteiger partial charge in [0.25, 0.3) is 5.91 Å². The van der Waals surface area contributed by atoms with Gasteiger partial charge >= 0.3 is 0 Å². The molecule has 140 valence electrons. The Morgan fingerprint density at radius 3 is 2.89 bits per heavy atom. The predicted octanol–water partition coefficient (Wildman–Crippen LogP) is 4.53. The first-order valence-electron chi connectivity index (χ1n) is 8.48. The standard InChI is InChI=1S/C19H16F2N2O3S/c20-12-3-4-14(21)13(10-12)18-5-6-23(7-9-27-18)19(24)15-11-17(26-22-15)16-2-1-8-25-16/h1-4,8,10-11,18H,5-7,9H2. The number of thioether (sulfide) groups is 1. The molecule has 0 aliphatic carbocycles. The molecule has 1 unspecified atom stereocenters. The fourth-order valence-corrected chi connectivity index (χ4v) is 4.30. The Bertz CT molecular complexity index is 942. The maximum atomic E-state index is 14.1. The summed E-state index contributed by atoms with van der Waals surface area (Å²) in [5.41, 5.74) is 0.539. The zero-order chi connectivity index (χ0) is 18.8. The maximum Gasteiger partial charge on any atom is 0.276 e. The van der Waals surface area contributed by atoms with Crippen LogP contribution < -0.4 is 0 Å². The Kier molecular flexibility index (Phi) is 4.98. The Morgan fingerprint density at radius 1 is 1.19 bits per heavy atom. The molecule has 2 aromatic heterocycles. The minimum absolute atomic E-state index is 0.196. The van der Waals surface area contributed by atoms with Crippen LogP contribution in [0.25, 0.3) is 11.5 Å². The highest BCUT2D eigenvalue weighted by molar-refractivity contribution is 7.99. The normalized spacial score (nSPS) is 17.7. The second kappa shape index (κ2) is 7.56. The van der Waals surface area contributed by atoms with Gasteiger partial charge in [-0.05, 0) is 36.8 Å². The second-order valence-corrected chi connectivity index (χ2v) is 7.47. The molecule has 1 atom stereocenters. The Hall–Kier alpha value is -2.61. The number of halogens is 2. The molecular weight excluding hydrogens is 374 g/mol. The van der Waals surface area contributed by atoms with Crippen molar-refractivity contribution in [3.05, 3.63) is 65.6 Å². The number of rotatable bonds is 3. The van der Waals surface area contributed by atoms with Crippen LogP contribution in [0, 0.1) is 11.6 Å². The summed E-state index contributed by atoms with van der Waals surface area (Å²) < 4.78 is 38.0. The van der Waals surface area contributed by atoms with Crippen LogP contribution in [0.1, 0.15) is 27.7 Å². The number of nitrogens with zero attached hydrogens (tertiary/aromatic N) is 2. The molecule has 1 aromatic carbocycles. The third kappa shape index (κ3) is 3.75. The Labute approximate surface area is 158 Å². The molecule has 1 saturated heterocycles. The average Bonchev–Trinajstić information content (AvgIpc) is 3.31. The van der Waals surface area contributed by atoms with E-state index in [1.54, 1.807) is 23.1 Å². The van der Waals surface area contributed by atoms with Gasteiger partial charge in [-0.1, -0.05) is 5.16 Å². The van der Waals surface area contributed by atoms with Gasteiger partial charge < -0.3 is 13.8 Å². The van der Waals surface area contributed by atoms with Crippen LogP contribution in [0.4, 0.5) is 8.78 Å². The van der Waals surface area contributed by atoms with Gasteiger partial charge in [0.1, 0.15) is 11.6 Å². The summed E-state index contributed by atoms with van der Waals surface area (Å²) in [6.07, 6.45) is 2.04. The smallest absolute Gasteiger partial charge is 0.276 e. The van der Waals surface area contributed by atoms with Gasteiger partial charge in [-0.15, -0.1) is 0 Å². The van der Waals surface area contributed by atoms with E-state index in [-0.39, 0.29) is 16.9 Å². The fourth-order valence-electron chi connectivity index (χ4n) is 3.06. The minimum atomic E-state index is -0.461. The molecule has 1 amide bonds. The number of amides is 1. The van der Waals surface area contributed by atoms with E-state index in [0.717, 1.165) is 12.1 Å². The molecule has 1 aliphatic rings. The lowest BCUT2D eigenvalue weighted by atomic mass is 10.1.